The van der Waals surface area contributed by atoms with Gasteiger partial charge in [0.1, 0.15) is 42.3 Å². The Morgan fingerprint density at radius 1 is 0.613 bits per heavy atom. The van der Waals surface area contributed by atoms with Gasteiger partial charge < -0.3 is 89.8 Å². The molecule has 1 aromatic rings. The molecular weight excluding hydrogens is 1270 g/mol. The monoisotopic (exact) mass is 1370 g/mol. The summed E-state index contributed by atoms with van der Waals surface area (Å²) in [5.41, 5.74) is 11.5. The van der Waals surface area contributed by atoms with Crippen molar-refractivity contribution in [2.45, 2.75) is 171 Å². The molecule has 30 nitrogen and oxygen atoms in total. The van der Waals surface area contributed by atoms with Gasteiger partial charge in [0, 0.05) is 65.8 Å². The molecule has 33 heteroatoms. The molecule has 2 rings (SSSR count). The van der Waals surface area contributed by atoms with Crippen LogP contribution in [0.2, 0.25) is 0 Å². The third-order valence-corrected chi connectivity index (χ3v) is 17.1. The van der Waals surface area contributed by atoms with Crippen molar-refractivity contribution in [3.63, 3.8) is 0 Å². The maximum Gasteiger partial charge on any atom is 0.305 e. The summed E-state index contributed by atoms with van der Waals surface area (Å²) in [6.07, 6.45) is 2.47. The second-order valence-corrected chi connectivity index (χ2v) is 28.5. The standard InChI is InChI=1S/C60H101N15O15S3/c1-8-9-11-21-46(76)64-23-15-14-19-40-53(84)74-44(35-92-59(2,3)4)56(87)71-39(20-16-24-66-58(62)63)51(82)68-33-48(78)70-42(31-50(80)81)55(86)75-45(36-93-60(5,6)7)57(88)72-41(30-38-17-12-10-13-18-38)54(85)73-43(34-91-37-49(79)69-40)52(83)67-32-47(77)65-25-27-90-29-28-89-26-22-61/h10,12-13,17-18,39-45H,8-9,11,14-16,19-37,61H2,1-7H3,(H,64,76)(H,65,77)(H,67,83)(H,68,82)(H,69,79)(H,70,78)(H,71,87)(H,72,88)(H,73,85)(H,74,84)(H,75,86)(H,80,81)(H4,62,63,66)/t39-,40-,41-,42-,43-,44-,45-/m0/s1. The lowest BCUT2D eigenvalue weighted by atomic mass is 10.0. The zero-order valence-electron chi connectivity index (χ0n) is 54.6. The Bertz CT molecular complexity index is 2580. The molecule has 0 unspecified atom stereocenters. The summed E-state index contributed by atoms with van der Waals surface area (Å²) in [5.74, 6) is -11.7. The van der Waals surface area contributed by atoms with Crippen LogP contribution in [-0.2, 0) is 73.4 Å². The van der Waals surface area contributed by atoms with E-state index in [1.165, 1.54) is 23.5 Å². The summed E-state index contributed by atoms with van der Waals surface area (Å²) < 4.78 is 9.74. The third kappa shape index (κ3) is 38.8. The van der Waals surface area contributed by atoms with Gasteiger partial charge in [0.25, 0.3) is 0 Å². The largest absolute Gasteiger partial charge is 0.481 e. The maximum absolute atomic E-state index is 14.7. The van der Waals surface area contributed by atoms with E-state index in [0.717, 1.165) is 31.0 Å². The van der Waals surface area contributed by atoms with Crippen LogP contribution in [0.4, 0.5) is 0 Å². The van der Waals surface area contributed by atoms with Gasteiger partial charge in [-0.25, -0.2) is 0 Å². The molecule has 0 bridgehead atoms. The molecule has 1 aliphatic rings. The van der Waals surface area contributed by atoms with Crippen molar-refractivity contribution in [2.24, 2.45) is 11.5 Å². The number of thioether (sulfide) groups is 3. The van der Waals surface area contributed by atoms with Crippen LogP contribution in [0.25, 0.3) is 0 Å². The van der Waals surface area contributed by atoms with E-state index >= 15 is 0 Å². The summed E-state index contributed by atoms with van der Waals surface area (Å²) in [5, 5.41) is 48.9. The second-order valence-electron chi connectivity index (χ2n) is 23.8. The number of hydrogen-bond donors (Lipinski definition) is 16. The Morgan fingerprint density at radius 2 is 1.15 bits per heavy atom. The van der Waals surface area contributed by atoms with Crippen molar-refractivity contribution in [2.75, 3.05) is 88.7 Å². The van der Waals surface area contributed by atoms with E-state index in [2.05, 4.69) is 63.8 Å². The first-order valence-corrected chi connectivity index (χ1v) is 34.4. The minimum Gasteiger partial charge on any atom is -0.481 e. The number of carboxylic acid groups (broad SMARTS) is 1. The molecule has 0 saturated carbocycles. The highest BCUT2D eigenvalue weighted by atomic mass is 32.2. The lowest BCUT2D eigenvalue weighted by molar-refractivity contribution is -0.141. The van der Waals surface area contributed by atoms with Gasteiger partial charge in [-0.15, -0.1) is 11.8 Å². The zero-order chi connectivity index (χ0) is 69.4. The van der Waals surface area contributed by atoms with Gasteiger partial charge in [-0.3, -0.25) is 62.9 Å². The first-order valence-electron chi connectivity index (χ1n) is 31.2. The average molecular weight is 1370 g/mol. The molecule has 0 aromatic heterocycles. The lowest BCUT2D eigenvalue weighted by Gasteiger charge is -2.28. The lowest BCUT2D eigenvalue weighted by Crippen LogP contribution is -2.60. The van der Waals surface area contributed by atoms with Gasteiger partial charge in [0.15, 0.2) is 5.96 Å². The number of nitrogens with two attached hydrogens (primary N) is 2. The minimum absolute atomic E-state index is 0.0160. The van der Waals surface area contributed by atoms with Crippen molar-refractivity contribution >= 4 is 112 Å². The first-order chi connectivity index (χ1) is 44.0. The van der Waals surface area contributed by atoms with Crippen molar-refractivity contribution < 1.29 is 72.1 Å². The molecule has 11 amide bonds. The predicted molar refractivity (Wildman–Crippen MR) is 358 cm³/mol. The van der Waals surface area contributed by atoms with E-state index in [1.54, 1.807) is 30.3 Å². The van der Waals surface area contributed by atoms with Crippen LogP contribution in [0.3, 0.4) is 0 Å². The number of amides is 11. The molecular formula is C60H101N15O15S3. The summed E-state index contributed by atoms with van der Waals surface area (Å²) in [6, 6.07) is -1.90. The smallest absolute Gasteiger partial charge is 0.305 e. The molecule has 0 spiro atoms. The number of unbranched alkanes of at least 4 members (excludes halogenated alkanes) is 3. The normalized spacial score (nSPS) is 20.5. The van der Waals surface area contributed by atoms with Crippen molar-refractivity contribution in [3.8, 4) is 0 Å². The van der Waals surface area contributed by atoms with Crippen molar-refractivity contribution in [3.05, 3.63) is 35.9 Å². The minimum atomic E-state index is -1.84. The van der Waals surface area contributed by atoms with Crippen LogP contribution < -0.4 is 75.3 Å². The molecule has 0 radical (unpaired) electrons. The first kappa shape index (κ1) is 82.2. The van der Waals surface area contributed by atoms with E-state index < -0.39 is 142 Å². The number of carboxylic acids is 1. The molecule has 93 heavy (non-hydrogen) atoms. The molecule has 1 aliphatic heterocycles. The summed E-state index contributed by atoms with van der Waals surface area (Å²) >= 11 is 3.41. The number of carbonyl (C=O) groups excluding carboxylic acids is 11. The molecule has 0 aliphatic carbocycles. The molecule has 1 saturated heterocycles. The highest BCUT2D eigenvalue weighted by Gasteiger charge is 2.35. The summed E-state index contributed by atoms with van der Waals surface area (Å²) in [6.45, 7) is 13.5. The molecule has 524 valence electrons. The zero-order valence-corrected chi connectivity index (χ0v) is 57.1. The van der Waals surface area contributed by atoms with Gasteiger partial charge in [0.2, 0.25) is 65.0 Å². The van der Waals surface area contributed by atoms with Gasteiger partial charge in [-0.1, -0.05) is 91.6 Å². The third-order valence-electron chi connectivity index (χ3n) is 13.3. The fourth-order valence-corrected chi connectivity index (χ4v) is 11.1. The van der Waals surface area contributed by atoms with E-state index in [1.807, 2.05) is 48.5 Å². The predicted octanol–water partition coefficient (Wildman–Crippen LogP) is -1.62. The highest BCUT2D eigenvalue weighted by Crippen LogP contribution is 2.25. The fourth-order valence-electron chi connectivity index (χ4n) is 8.47. The van der Waals surface area contributed by atoms with Gasteiger partial charge in [-0.2, -0.15) is 23.5 Å². The quantitative estimate of drug-likeness (QED) is 0.0219. The number of benzene rings is 1. The van der Waals surface area contributed by atoms with Gasteiger partial charge in [-0.05, 0) is 44.1 Å². The van der Waals surface area contributed by atoms with E-state index in [9.17, 15) is 62.6 Å². The SMILES string of the molecule is CCCCCC(=O)NCCCC[C@@H]1NC(=O)CSC[C@@H](C(=O)NCC(=O)NCCOCCOCCN)NC(=O)[C@H](Cc2ccccc2)NC(=O)[C@H](CSC(C)(C)C)NC(=O)[C@H](CC(=O)O)NC(=O)CNC(=O)[C@H](CCCNC(=N)N)NC(=O)[C@H](CSC(C)(C)C)NC1=O. The van der Waals surface area contributed by atoms with Gasteiger partial charge in [0.05, 0.1) is 51.7 Å². The average Bonchev–Trinajstić information content (AvgIpc) is 2.09. The van der Waals surface area contributed by atoms with E-state index in [-0.39, 0.29) is 94.3 Å². The number of hydrogen-bond acceptors (Lipinski definition) is 19. The Labute approximate surface area is 557 Å². The van der Waals surface area contributed by atoms with Crippen molar-refractivity contribution in [1.82, 2.24) is 63.8 Å². The number of aliphatic carboxylic acids is 1. The highest BCUT2D eigenvalue weighted by molar-refractivity contribution is 8.01. The molecule has 1 aromatic carbocycles. The van der Waals surface area contributed by atoms with Crippen LogP contribution in [0.1, 0.15) is 118 Å². The molecule has 1 heterocycles. The Kier molecular flexibility index (Phi) is 40.1. The Hall–Kier alpha value is -6.94. The Morgan fingerprint density at radius 3 is 1.75 bits per heavy atom. The topological polar surface area (TPSA) is 464 Å². The number of carbonyl (C=O) groups is 12. The second kappa shape index (κ2) is 45.4. The maximum atomic E-state index is 14.7. The Balaban J connectivity index is 2.79. The summed E-state index contributed by atoms with van der Waals surface area (Å²) in [4.78, 5) is 166. The molecule has 7 atom stereocenters. The van der Waals surface area contributed by atoms with Crippen LogP contribution in [0.5, 0.6) is 0 Å². The number of rotatable bonds is 32. The van der Waals surface area contributed by atoms with Crippen LogP contribution in [-0.4, -0.2) is 223 Å². The van der Waals surface area contributed by atoms with Crippen molar-refractivity contribution in [1.29, 1.82) is 5.41 Å². The van der Waals surface area contributed by atoms with Crippen LogP contribution in [0, 0.1) is 5.41 Å². The van der Waals surface area contributed by atoms with Crippen LogP contribution in [0.15, 0.2) is 30.3 Å². The molecule has 1 fully saturated rings. The van der Waals surface area contributed by atoms with E-state index in [4.69, 9.17) is 26.4 Å². The summed E-state index contributed by atoms with van der Waals surface area (Å²) in [7, 11) is 0. The number of guanidine groups is 1. The number of nitrogens with one attached hydrogen (secondary N) is 13. The number of ether oxygens (including phenoxy) is 2. The van der Waals surface area contributed by atoms with Crippen LogP contribution >= 0.6 is 35.3 Å². The fraction of sp³-hybridized carbons (Fsp3) is 0.683. The molecule has 18 N–H and O–H groups in total. The van der Waals surface area contributed by atoms with Gasteiger partial charge >= 0.3 is 5.97 Å². The van der Waals surface area contributed by atoms with E-state index in [0.29, 0.717) is 38.0 Å².